The monoisotopic (exact) mass is 406 g/mol. The molecule has 1 N–H and O–H groups in total. The Hall–Kier alpha value is -1.89. The minimum absolute atomic E-state index is 0.113. The van der Waals surface area contributed by atoms with Crippen LogP contribution in [0.4, 0.5) is 5.00 Å². The number of methoxy groups -OCH3 is 1. The van der Waals surface area contributed by atoms with E-state index in [9.17, 15) is 9.59 Å². The predicted molar refractivity (Wildman–Crippen MR) is 110 cm³/mol. The number of halogens is 1. The summed E-state index contributed by atoms with van der Waals surface area (Å²) < 4.78 is 4.95. The second kappa shape index (κ2) is 8.87. The SMILES string of the molecule is COC(=O)c1c(-c2ccc(Cl)cc2)csc1NC(=O)CN1CCCCC1C. The van der Waals surface area contributed by atoms with E-state index in [2.05, 4.69) is 17.1 Å². The second-order valence-corrected chi connectivity index (χ2v) is 8.03. The van der Waals surface area contributed by atoms with Crippen LogP contribution in [0.3, 0.4) is 0 Å². The highest BCUT2D eigenvalue weighted by Crippen LogP contribution is 2.36. The molecule has 2 heterocycles. The molecule has 0 aliphatic carbocycles. The van der Waals surface area contributed by atoms with Crippen molar-refractivity contribution < 1.29 is 14.3 Å². The number of amides is 1. The van der Waals surface area contributed by atoms with Crippen LogP contribution in [0.5, 0.6) is 0 Å². The van der Waals surface area contributed by atoms with Crippen LogP contribution in [0.1, 0.15) is 36.5 Å². The fraction of sp³-hybridized carbons (Fsp3) is 0.400. The van der Waals surface area contributed by atoms with Gasteiger partial charge in [0.15, 0.2) is 0 Å². The average Bonchev–Trinajstić information content (AvgIpc) is 3.07. The maximum atomic E-state index is 12.6. The van der Waals surface area contributed by atoms with Crippen molar-refractivity contribution in [3.8, 4) is 11.1 Å². The van der Waals surface area contributed by atoms with Gasteiger partial charge in [0.2, 0.25) is 5.91 Å². The maximum absolute atomic E-state index is 12.6. The maximum Gasteiger partial charge on any atom is 0.341 e. The Bertz CT molecular complexity index is 819. The zero-order valence-corrected chi connectivity index (χ0v) is 17.0. The van der Waals surface area contributed by atoms with Crippen LogP contribution >= 0.6 is 22.9 Å². The lowest BCUT2D eigenvalue weighted by Crippen LogP contribution is -2.42. The molecule has 1 aliphatic heterocycles. The highest BCUT2D eigenvalue weighted by Gasteiger charge is 2.24. The van der Waals surface area contributed by atoms with Gasteiger partial charge in [-0.1, -0.05) is 30.2 Å². The summed E-state index contributed by atoms with van der Waals surface area (Å²) in [6, 6.07) is 7.63. The summed E-state index contributed by atoms with van der Waals surface area (Å²) in [6.45, 7) is 3.41. The van der Waals surface area contributed by atoms with Crippen LogP contribution in [0.25, 0.3) is 11.1 Å². The first kappa shape index (κ1) is 19.9. The third kappa shape index (κ3) is 4.69. The first-order chi connectivity index (χ1) is 13.0. The van der Waals surface area contributed by atoms with Gasteiger partial charge >= 0.3 is 5.97 Å². The van der Waals surface area contributed by atoms with Crippen LogP contribution in [-0.2, 0) is 9.53 Å². The minimum atomic E-state index is -0.470. The average molecular weight is 407 g/mol. The van der Waals surface area contributed by atoms with E-state index >= 15 is 0 Å². The fourth-order valence-corrected chi connectivity index (χ4v) is 4.44. The normalized spacial score (nSPS) is 17.5. The summed E-state index contributed by atoms with van der Waals surface area (Å²) in [5.74, 6) is -0.582. The van der Waals surface area contributed by atoms with E-state index in [-0.39, 0.29) is 5.91 Å². The molecule has 1 amide bonds. The molecule has 0 radical (unpaired) electrons. The topological polar surface area (TPSA) is 58.6 Å². The van der Waals surface area contributed by atoms with Crippen molar-refractivity contribution in [3.63, 3.8) is 0 Å². The lowest BCUT2D eigenvalue weighted by Gasteiger charge is -2.32. The van der Waals surface area contributed by atoms with E-state index in [0.29, 0.717) is 28.2 Å². The highest BCUT2D eigenvalue weighted by molar-refractivity contribution is 7.15. The zero-order chi connectivity index (χ0) is 19.4. The number of benzene rings is 1. The summed E-state index contributed by atoms with van der Waals surface area (Å²) in [4.78, 5) is 27.1. The van der Waals surface area contributed by atoms with E-state index in [0.717, 1.165) is 30.5 Å². The summed E-state index contributed by atoms with van der Waals surface area (Å²) in [5.41, 5.74) is 1.95. The molecular weight excluding hydrogens is 384 g/mol. The van der Waals surface area contributed by atoms with E-state index < -0.39 is 5.97 Å². The molecule has 27 heavy (non-hydrogen) atoms. The van der Waals surface area contributed by atoms with Gasteiger partial charge in [0.25, 0.3) is 0 Å². The molecule has 0 spiro atoms. The molecule has 144 valence electrons. The number of piperidine rings is 1. The summed E-state index contributed by atoms with van der Waals surface area (Å²) in [7, 11) is 1.34. The number of nitrogens with one attached hydrogen (secondary N) is 1. The number of rotatable bonds is 5. The molecule has 7 heteroatoms. The Balaban J connectivity index is 1.81. The minimum Gasteiger partial charge on any atom is -0.465 e. The Morgan fingerprint density at radius 2 is 2.04 bits per heavy atom. The van der Waals surface area contributed by atoms with Gasteiger partial charge in [-0.15, -0.1) is 11.3 Å². The molecule has 0 bridgehead atoms. The van der Waals surface area contributed by atoms with Gasteiger partial charge < -0.3 is 10.1 Å². The molecule has 1 atom stereocenters. The third-order valence-corrected chi connectivity index (χ3v) is 6.02. The number of esters is 1. The standard InChI is InChI=1S/C20H23ClN2O3S/c1-13-5-3-4-10-23(13)11-17(24)22-19-18(20(25)26-2)16(12-27-19)14-6-8-15(21)9-7-14/h6-9,12-13H,3-5,10-11H2,1-2H3,(H,22,24). The number of hydrogen-bond acceptors (Lipinski definition) is 5. The van der Waals surface area contributed by atoms with Crippen molar-refractivity contribution in [1.29, 1.82) is 0 Å². The van der Waals surface area contributed by atoms with E-state index in [4.69, 9.17) is 16.3 Å². The Morgan fingerprint density at radius 3 is 2.70 bits per heavy atom. The number of nitrogens with zero attached hydrogens (tertiary/aromatic N) is 1. The molecular formula is C20H23ClN2O3S. The lowest BCUT2D eigenvalue weighted by atomic mass is 10.0. The quantitative estimate of drug-likeness (QED) is 0.733. The van der Waals surface area contributed by atoms with Gasteiger partial charge in [0.05, 0.1) is 13.7 Å². The Morgan fingerprint density at radius 1 is 1.30 bits per heavy atom. The largest absolute Gasteiger partial charge is 0.465 e. The van der Waals surface area contributed by atoms with Crippen LogP contribution < -0.4 is 5.32 Å². The molecule has 1 aromatic carbocycles. The number of carbonyl (C=O) groups excluding carboxylic acids is 2. The Kier molecular flexibility index (Phi) is 6.52. The first-order valence-electron chi connectivity index (χ1n) is 8.99. The Labute approximate surface area is 168 Å². The molecule has 1 aromatic heterocycles. The molecule has 1 saturated heterocycles. The van der Waals surface area contributed by atoms with Gasteiger partial charge in [-0.25, -0.2) is 4.79 Å². The molecule has 1 unspecified atom stereocenters. The molecule has 1 fully saturated rings. The van der Waals surface area contributed by atoms with Crippen molar-refractivity contribution in [3.05, 3.63) is 40.2 Å². The third-order valence-electron chi connectivity index (χ3n) is 4.88. The number of likely N-dealkylation sites (tertiary alicyclic amines) is 1. The summed E-state index contributed by atoms with van der Waals surface area (Å²) in [5, 5.41) is 5.90. The number of anilines is 1. The highest BCUT2D eigenvalue weighted by atomic mass is 35.5. The van der Waals surface area contributed by atoms with Gasteiger partial charge in [-0.3, -0.25) is 9.69 Å². The van der Waals surface area contributed by atoms with E-state index in [1.165, 1.54) is 24.9 Å². The zero-order valence-electron chi connectivity index (χ0n) is 15.5. The number of thiophene rings is 1. The molecule has 3 rings (SSSR count). The summed E-state index contributed by atoms with van der Waals surface area (Å²) >= 11 is 7.28. The number of hydrogen-bond donors (Lipinski definition) is 1. The van der Waals surface area contributed by atoms with Gasteiger partial charge in [-0.2, -0.15) is 0 Å². The molecule has 2 aromatic rings. The van der Waals surface area contributed by atoms with E-state index in [1.807, 2.05) is 17.5 Å². The van der Waals surface area contributed by atoms with Crippen LogP contribution in [0.2, 0.25) is 5.02 Å². The lowest BCUT2D eigenvalue weighted by molar-refractivity contribution is -0.118. The molecule has 0 saturated carbocycles. The smallest absolute Gasteiger partial charge is 0.341 e. The van der Waals surface area contributed by atoms with Crippen molar-refractivity contribution in [2.24, 2.45) is 0 Å². The van der Waals surface area contributed by atoms with E-state index in [1.54, 1.807) is 12.1 Å². The van der Waals surface area contributed by atoms with Gasteiger partial charge in [-0.05, 0) is 44.0 Å². The van der Waals surface area contributed by atoms with Gasteiger partial charge in [0.1, 0.15) is 10.6 Å². The number of carbonyl (C=O) groups is 2. The van der Waals surface area contributed by atoms with Crippen LogP contribution in [0.15, 0.2) is 29.6 Å². The van der Waals surface area contributed by atoms with Crippen molar-refractivity contribution in [1.82, 2.24) is 4.90 Å². The summed E-state index contributed by atoms with van der Waals surface area (Å²) in [6.07, 6.45) is 3.44. The van der Waals surface area contributed by atoms with Crippen LogP contribution in [-0.4, -0.2) is 43.0 Å². The van der Waals surface area contributed by atoms with Crippen molar-refractivity contribution >= 4 is 39.8 Å². The van der Waals surface area contributed by atoms with Crippen molar-refractivity contribution in [2.75, 3.05) is 25.5 Å². The fourth-order valence-electron chi connectivity index (χ4n) is 3.34. The molecule has 1 aliphatic rings. The van der Waals surface area contributed by atoms with Crippen LogP contribution in [0, 0.1) is 0 Å². The van der Waals surface area contributed by atoms with Gasteiger partial charge in [0, 0.05) is 22.0 Å². The number of ether oxygens (including phenoxy) is 1. The first-order valence-corrected chi connectivity index (χ1v) is 10.2. The predicted octanol–water partition coefficient (Wildman–Crippen LogP) is 4.67. The molecule has 5 nitrogen and oxygen atoms in total. The second-order valence-electron chi connectivity index (χ2n) is 6.72. The van der Waals surface area contributed by atoms with Crippen molar-refractivity contribution in [2.45, 2.75) is 32.2 Å².